The molecule has 4 nitrogen and oxygen atoms in total. The fraction of sp³-hybridized carbons (Fsp3) is 1.00. The molecular weight excluding hydrogens is 264 g/mol. The number of likely N-dealkylation sites (tertiary alicyclic amines) is 2. The van der Waals surface area contributed by atoms with Crippen LogP contribution in [0.25, 0.3) is 0 Å². The Labute approximate surface area is 130 Å². The number of aliphatic hydroxyl groups excluding tert-OH is 2. The first-order valence-electron chi connectivity index (χ1n) is 8.78. The molecule has 2 saturated heterocycles. The van der Waals surface area contributed by atoms with Crippen LogP contribution in [-0.2, 0) is 0 Å². The molecule has 3 unspecified atom stereocenters. The summed E-state index contributed by atoms with van der Waals surface area (Å²) in [5.74, 6) is 0.341. The highest BCUT2D eigenvalue weighted by Gasteiger charge is 2.37. The lowest BCUT2D eigenvalue weighted by Gasteiger charge is -2.46. The number of rotatable bonds is 4. The third-order valence-corrected chi connectivity index (χ3v) is 5.59. The summed E-state index contributed by atoms with van der Waals surface area (Å²) in [6, 6.07) is 1.44. The van der Waals surface area contributed by atoms with E-state index in [1.54, 1.807) is 0 Å². The molecule has 2 N–H and O–H groups in total. The van der Waals surface area contributed by atoms with Crippen molar-refractivity contribution in [3.63, 3.8) is 0 Å². The lowest BCUT2D eigenvalue weighted by atomic mass is 9.82. The Hall–Kier alpha value is -0.160. The number of aliphatic hydroxyl groups is 2. The van der Waals surface area contributed by atoms with Gasteiger partial charge in [0.25, 0.3) is 0 Å². The molecule has 0 radical (unpaired) electrons. The fourth-order valence-electron chi connectivity index (χ4n) is 4.29. The van der Waals surface area contributed by atoms with Crippen LogP contribution in [0.15, 0.2) is 0 Å². The predicted molar refractivity (Wildman–Crippen MR) is 86.3 cm³/mol. The molecule has 2 heterocycles. The Kier molecular flexibility index (Phi) is 6.06. The molecule has 0 aromatic carbocycles. The van der Waals surface area contributed by atoms with E-state index in [-0.39, 0.29) is 12.2 Å². The van der Waals surface area contributed by atoms with Crippen molar-refractivity contribution < 1.29 is 10.2 Å². The van der Waals surface area contributed by atoms with Crippen LogP contribution in [0.5, 0.6) is 0 Å². The zero-order valence-electron chi connectivity index (χ0n) is 14.2. The SMILES string of the molecule is CCN1CCC(O)CC1CC1CN(C(C)C)[C@H](C)C[C@@H]1O. The van der Waals surface area contributed by atoms with Crippen LogP contribution in [0.2, 0.25) is 0 Å². The minimum atomic E-state index is -0.187. The van der Waals surface area contributed by atoms with Crippen LogP contribution in [0.1, 0.15) is 53.4 Å². The van der Waals surface area contributed by atoms with E-state index in [1.165, 1.54) is 0 Å². The van der Waals surface area contributed by atoms with Crippen LogP contribution >= 0.6 is 0 Å². The molecule has 124 valence electrons. The summed E-state index contributed by atoms with van der Waals surface area (Å²) in [5.41, 5.74) is 0. The van der Waals surface area contributed by atoms with Crippen LogP contribution < -0.4 is 0 Å². The number of nitrogens with zero attached hydrogens (tertiary/aromatic N) is 2. The smallest absolute Gasteiger partial charge is 0.0596 e. The molecule has 4 heteroatoms. The van der Waals surface area contributed by atoms with Crippen LogP contribution in [0.4, 0.5) is 0 Å². The van der Waals surface area contributed by atoms with Crippen molar-refractivity contribution in [2.24, 2.45) is 5.92 Å². The van der Waals surface area contributed by atoms with Gasteiger partial charge in [0.2, 0.25) is 0 Å². The van der Waals surface area contributed by atoms with E-state index in [0.717, 1.165) is 45.3 Å². The van der Waals surface area contributed by atoms with Gasteiger partial charge in [0, 0.05) is 31.2 Å². The van der Waals surface area contributed by atoms with Gasteiger partial charge in [0.15, 0.2) is 0 Å². The molecular formula is C17H34N2O2. The first-order chi connectivity index (χ1) is 9.92. The topological polar surface area (TPSA) is 46.9 Å². The molecule has 2 fully saturated rings. The molecule has 5 atom stereocenters. The van der Waals surface area contributed by atoms with Gasteiger partial charge >= 0.3 is 0 Å². The highest BCUT2D eigenvalue weighted by atomic mass is 16.3. The molecule has 2 aliphatic heterocycles. The molecule has 2 rings (SSSR count). The molecule has 0 amide bonds. The third-order valence-electron chi connectivity index (χ3n) is 5.59. The minimum absolute atomic E-state index is 0.154. The largest absolute Gasteiger partial charge is 0.393 e. The lowest BCUT2D eigenvalue weighted by molar-refractivity contribution is -0.0382. The maximum atomic E-state index is 10.5. The fourth-order valence-corrected chi connectivity index (χ4v) is 4.29. The van der Waals surface area contributed by atoms with Gasteiger partial charge in [0.05, 0.1) is 12.2 Å². The summed E-state index contributed by atoms with van der Waals surface area (Å²) in [5, 5.41) is 20.5. The van der Waals surface area contributed by atoms with Crippen molar-refractivity contribution in [1.29, 1.82) is 0 Å². The summed E-state index contributed by atoms with van der Waals surface area (Å²) in [4.78, 5) is 5.00. The number of piperidine rings is 2. The Morgan fingerprint density at radius 2 is 1.90 bits per heavy atom. The molecule has 0 aromatic rings. The summed E-state index contributed by atoms with van der Waals surface area (Å²) in [7, 11) is 0. The van der Waals surface area contributed by atoms with Gasteiger partial charge in [-0.15, -0.1) is 0 Å². The van der Waals surface area contributed by atoms with E-state index >= 15 is 0 Å². The summed E-state index contributed by atoms with van der Waals surface area (Å²) < 4.78 is 0. The Morgan fingerprint density at radius 1 is 1.19 bits per heavy atom. The van der Waals surface area contributed by atoms with Gasteiger partial charge in [-0.25, -0.2) is 0 Å². The molecule has 0 aromatic heterocycles. The highest BCUT2D eigenvalue weighted by molar-refractivity contribution is 4.91. The van der Waals surface area contributed by atoms with Crippen LogP contribution in [0.3, 0.4) is 0 Å². The van der Waals surface area contributed by atoms with Gasteiger partial charge in [-0.1, -0.05) is 6.92 Å². The first-order valence-corrected chi connectivity index (χ1v) is 8.78. The Morgan fingerprint density at radius 3 is 2.52 bits per heavy atom. The van der Waals surface area contributed by atoms with Crippen molar-refractivity contribution in [2.75, 3.05) is 19.6 Å². The zero-order chi connectivity index (χ0) is 15.6. The van der Waals surface area contributed by atoms with E-state index < -0.39 is 0 Å². The van der Waals surface area contributed by atoms with Crippen molar-refractivity contribution in [3.8, 4) is 0 Å². The summed E-state index contributed by atoms with van der Waals surface area (Å²) in [6.07, 6.45) is 3.32. The van der Waals surface area contributed by atoms with Gasteiger partial charge in [-0.2, -0.15) is 0 Å². The van der Waals surface area contributed by atoms with Gasteiger partial charge in [-0.05, 0) is 58.9 Å². The second-order valence-electron chi connectivity index (χ2n) is 7.40. The number of hydrogen-bond donors (Lipinski definition) is 2. The molecule has 2 aliphatic rings. The van der Waals surface area contributed by atoms with Crippen molar-refractivity contribution in [1.82, 2.24) is 9.80 Å². The monoisotopic (exact) mass is 298 g/mol. The normalized spacial score (nSPS) is 39.9. The lowest BCUT2D eigenvalue weighted by Crippen LogP contribution is -2.53. The molecule has 21 heavy (non-hydrogen) atoms. The third kappa shape index (κ3) is 4.19. The van der Waals surface area contributed by atoms with Crippen LogP contribution in [-0.4, -0.2) is 70.0 Å². The second-order valence-corrected chi connectivity index (χ2v) is 7.40. The zero-order valence-corrected chi connectivity index (χ0v) is 14.2. The summed E-state index contributed by atoms with van der Waals surface area (Å²) in [6.45, 7) is 11.9. The van der Waals surface area contributed by atoms with E-state index in [2.05, 4.69) is 37.5 Å². The van der Waals surface area contributed by atoms with E-state index in [9.17, 15) is 10.2 Å². The molecule has 0 aliphatic carbocycles. The second kappa shape index (κ2) is 7.40. The van der Waals surface area contributed by atoms with Crippen molar-refractivity contribution >= 4 is 0 Å². The highest BCUT2D eigenvalue weighted by Crippen LogP contribution is 2.31. The van der Waals surface area contributed by atoms with E-state index in [4.69, 9.17) is 0 Å². The predicted octanol–water partition coefficient (Wildman–Crippen LogP) is 1.70. The number of hydrogen-bond acceptors (Lipinski definition) is 4. The van der Waals surface area contributed by atoms with Crippen molar-refractivity contribution in [3.05, 3.63) is 0 Å². The maximum absolute atomic E-state index is 10.5. The van der Waals surface area contributed by atoms with E-state index in [1.807, 2.05) is 0 Å². The standard InChI is InChI=1S/C17H34N2O2/c1-5-18-7-6-16(20)10-15(18)9-14-11-19(12(2)3)13(4)8-17(14)21/h12-17,20-21H,5-11H2,1-4H3/t13-,14?,15?,16?,17+/m1/s1. The first kappa shape index (κ1) is 17.2. The molecule has 0 spiro atoms. The average Bonchev–Trinajstić information content (AvgIpc) is 2.41. The van der Waals surface area contributed by atoms with Gasteiger partial charge in [-0.3, -0.25) is 4.90 Å². The Balaban J connectivity index is 1.99. The van der Waals surface area contributed by atoms with Gasteiger partial charge < -0.3 is 15.1 Å². The minimum Gasteiger partial charge on any atom is -0.393 e. The maximum Gasteiger partial charge on any atom is 0.0596 e. The quantitative estimate of drug-likeness (QED) is 0.829. The van der Waals surface area contributed by atoms with Gasteiger partial charge in [0.1, 0.15) is 0 Å². The molecule has 0 saturated carbocycles. The Bertz CT molecular complexity index is 324. The summed E-state index contributed by atoms with van der Waals surface area (Å²) >= 11 is 0. The van der Waals surface area contributed by atoms with Crippen LogP contribution in [0, 0.1) is 5.92 Å². The van der Waals surface area contributed by atoms with Crippen molar-refractivity contribution in [2.45, 2.75) is 83.7 Å². The molecule has 0 bridgehead atoms. The average molecular weight is 298 g/mol. The van der Waals surface area contributed by atoms with E-state index in [0.29, 0.717) is 24.0 Å².